The van der Waals surface area contributed by atoms with E-state index in [9.17, 15) is 14.4 Å². The molecule has 2 aromatic carbocycles. The van der Waals surface area contributed by atoms with Gasteiger partial charge in [-0.05, 0) is 30.3 Å². The summed E-state index contributed by atoms with van der Waals surface area (Å²) in [5, 5.41) is 0. The molecule has 0 aliphatic rings. The zero-order chi connectivity index (χ0) is 20.8. The molecule has 3 rings (SSSR count). The fourth-order valence-corrected chi connectivity index (χ4v) is 3.64. The van der Waals surface area contributed by atoms with Gasteiger partial charge in [0.1, 0.15) is 12.3 Å². The Balaban J connectivity index is 1.96. The second kappa shape index (κ2) is 9.16. The van der Waals surface area contributed by atoms with Gasteiger partial charge in [-0.15, -0.1) is 0 Å². The lowest BCUT2D eigenvalue weighted by Crippen LogP contribution is -2.23. The van der Waals surface area contributed by atoms with Crippen molar-refractivity contribution in [2.75, 3.05) is 20.8 Å². The van der Waals surface area contributed by atoms with Crippen LogP contribution in [0.25, 0.3) is 10.2 Å². The topological polar surface area (TPSA) is 96.2 Å². The number of amides is 1. The minimum absolute atomic E-state index is 0.125. The number of esters is 2. The minimum Gasteiger partial charge on any atom is -0.484 e. The molecule has 8 nitrogen and oxygen atoms in total. The average Bonchev–Trinajstić information content (AvgIpc) is 3.08. The molecule has 0 bridgehead atoms. The minimum atomic E-state index is -0.507. The van der Waals surface area contributed by atoms with Crippen molar-refractivity contribution in [1.82, 2.24) is 4.57 Å². The highest BCUT2D eigenvalue weighted by molar-refractivity contribution is 7.16. The van der Waals surface area contributed by atoms with E-state index in [0.717, 1.165) is 0 Å². The third kappa shape index (κ3) is 4.88. The molecule has 9 heteroatoms. The van der Waals surface area contributed by atoms with Crippen LogP contribution in [0.15, 0.2) is 53.5 Å². The number of para-hydroxylation sites is 1. The number of fused-ring (bicyclic) bond motifs is 1. The van der Waals surface area contributed by atoms with Crippen LogP contribution < -0.4 is 9.54 Å². The molecule has 0 unspecified atom stereocenters. The number of rotatable bonds is 6. The van der Waals surface area contributed by atoms with Gasteiger partial charge in [-0.1, -0.05) is 29.5 Å². The number of ether oxygens (including phenoxy) is 3. The van der Waals surface area contributed by atoms with E-state index in [4.69, 9.17) is 14.2 Å². The first-order chi connectivity index (χ1) is 14.0. The van der Waals surface area contributed by atoms with Gasteiger partial charge in [0.15, 0.2) is 11.4 Å². The van der Waals surface area contributed by atoms with Crippen LogP contribution in [0.3, 0.4) is 0 Å². The molecular weight excluding hydrogens is 396 g/mol. The van der Waals surface area contributed by atoms with E-state index in [1.54, 1.807) is 47.0 Å². The van der Waals surface area contributed by atoms with Gasteiger partial charge in [-0.25, -0.2) is 4.79 Å². The van der Waals surface area contributed by atoms with E-state index in [1.165, 1.54) is 25.6 Å². The van der Waals surface area contributed by atoms with Gasteiger partial charge >= 0.3 is 11.9 Å². The monoisotopic (exact) mass is 414 g/mol. The van der Waals surface area contributed by atoms with Gasteiger partial charge in [0.25, 0.3) is 5.91 Å². The molecule has 1 aromatic heterocycles. The van der Waals surface area contributed by atoms with E-state index >= 15 is 0 Å². The summed E-state index contributed by atoms with van der Waals surface area (Å²) in [7, 11) is 2.58. The molecule has 0 aliphatic heterocycles. The van der Waals surface area contributed by atoms with Gasteiger partial charge in [0, 0.05) is 0 Å². The molecule has 0 aliphatic carbocycles. The Hall–Kier alpha value is -3.46. The van der Waals surface area contributed by atoms with Crippen molar-refractivity contribution in [3.63, 3.8) is 0 Å². The summed E-state index contributed by atoms with van der Waals surface area (Å²) in [6, 6.07) is 13.8. The Morgan fingerprint density at radius 1 is 1.03 bits per heavy atom. The smallest absolute Gasteiger partial charge is 0.337 e. The van der Waals surface area contributed by atoms with E-state index in [2.05, 4.69) is 4.99 Å². The summed E-state index contributed by atoms with van der Waals surface area (Å²) in [6.07, 6.45) is 0. The number of thiazole rings is 1. The lowest BCUT2D eigenvalue weighted by molar-refractivity contribution is -0.141. The number of methoxy groups -OCH3 is 2. The van der Waals surface area contributed by atoms with Gasteiger partial charge in [0.2, 0.25) is 0 Å². The highest BCUT2D eigenvalue weighted by Gasteiger charge is 2.14. The molecule has 29 heavy (non-hydrogen) atoms. The second-order valence-electron chi connectivity index (χ2n) is 5.83. The van der Waals surface area contributed by atoms with Crippen molar-refractivity contribution in [2.24, 2.45) is 4.99 Å². The maximum absolute atomic E-state index is 12.3. The molecule has 0 fully saturated rings. The summed E-state index contributed by atoms with van der Waals surface area (Å²) >= 11 is 1.17. The molecule has 0 spiro atoms. The summed E-state index contributed by atoms with van der Waals surface area (Å²) < 4.78 is 17.1. The number of nitrogens with zero attached hydrogens (tertiary/aromatic N) is 2. The Kier molecular flexibility index (Phi) is 6.40. The molecule has 0 radical (unpaired) electrons. The number of aromatic nitrogens is 1. The predicted molar refractivity (Wildman–Crippen MR) is 106 cm³/mol. The molecule has 0 saturated heterocycles. The molecule has 0 saturated carbocycles. The molecule has 0 N–H and O–H groups in total. The van der Waals surface area contributed by atoms with Crippen LogP contribution in [0.1, 0.15) is 10.4 Å². The van der Waals surface area contributed by atoms with Gasteiger partial charge in [-0.3, -0.25) is 9.59 Å². The number of benzene rings is 2. The van der Waals surface area contributed by atoms with Crippen LogP contribution in [0, 0.1) is 0 Å². The summed E-state index contributed by atoms with van der Waals surface area (Å²) in [5.41, 5.74) is 1.00. The molecular formula is C20H18N2O6S. The van der Waals surface area contributed by atoms with E-state index < -0.39 is 17.8 Å². The standard InChI is InChI=1S/C20H18N2O6S/c1-26-18(24)11-22-15-9-8-13(19(25)27-2)10-16(15)29-20(22)21-17(23)12-28-14-6-4-3-5-7-14/h3-10H,11-12H2,1-2H3. The zero-order valence-corrected chi connectivity index (χ0v) is 16.6. The van der Waals surface area contributed by atoms with Crippen molar-refractivity contribution in [3.05, 3.63) is 58.9 Å². The van der Waals surface area contributed by atoms with Crippen molar-refractivity contribution in [3.8, 4) is 5.75 Å². The summed E-state index contributed by atoms with van der Waals surface area (Å²) in [4.78, 5) is 40.3. The normalized spacial score (nSPS) is 11.3. The number of carbonyl (C=O) groups is 3. The van der Waals surface area contributed by atoms with Crippen molar-refractivity contribution in [2.45, 2.75) is 6.54 Å². The van der Waals surface area contributed by atoms with Crippen LogP contribution >= 0.6 is 11.3 Å². The fourth-order valence-electron chi connectivity index (χ4n) is 2.55. The third-order valence-corrected chi connectivity index (χ3v) is 4.99. The lowest BCUT2D eigenvalue weighted by Gasteiger charge is -2.05. The van der Waals surface area contributed by atoms with Gasteiger partial charge in [-0.2, -0.15) is 4.99 Å². The molecule has 3 aromatic rings. The van der Waals surface area contributed by atoms with Crippen molar-refractivity contribution < 1.29 is 28.6 Å². The van der Waals surface area contributed by atoms with Gasteiger partial charge in [0.05, 0.1) is 30.0 Å². The van der Waals surface area contributed by atoms with Crippen LogP contribution in [0.2, 0.25) is 0 Å². The first-order valence-electron chi connectivity index (χ1n) is 8.55. The quantitative estimate of drug-likeness (QED) is 0.574. The zero-order valence-electron chi connectivity index (χ0n) is 15.8. The highest BCUT2D eigenvalue weighted by Crippen LogP contribution is 2.20. The Morgan fingerprint density at radius 2 is 1.79 bits per heavy atom. The second-order valence-corrected chi connectivity index (χ2v) is 6.84. The van der Waals surface area contributed by atoms with Crippen molar-refractivity contribution in [1.29, 1.82) is 0 Å². The Bertz CT molecular complexity index is 1120. The van der Waals surface area contributed by atoms with Gasteiger partial charge < -0.3 is 18.8 Å². The summed E-state index contributed by atoms with van der Waals surface area (Å²) in [5.74, 6) is -0.924. The average molecular weight is 414 g/mol. The molecule has 1 amide bonds. The summed E-state index contributed by atoms with van der Waals surface area (Å²) in [6.45, 7) is -0.371. The molecule has 150 valence electrons. The van der Waals surface area contributed by atoms with Crippen LogP contribution in [0.5, 0.6) is 5.75 Å². The number of carbonyl (C=O) groups excluding carboxylic acids is 3. The van der Waals surface area contributed by atoms with Crippen LogP contribution in [-0.2, 0) is 25.6 Å². The maximum Gasteiger partial charge on any atom is 0.337 e. The third-order valence-electron chi connectivity index (χ3n) is 3.94. The maximum atomic E-state index is 12.3. The van der Waals surface area contributed by atoms with Crippen LogP contribution in [0.4, 0.5) is 0 Å². The molecule has 1 heterocycles. The SMILES string of the molecule is COC(=O)Cn1c(=NC(=O)COc2ccccc2)sc2cc(C(=O)OC)ccc21. The first-order valence-corrected chi connectivity index (χ1v) is 9.37. The number of hydrogen-bond donors (Lipinski definition) is 0. The predicted octanol–water partition coefficient (Wildman–Crippen LogP) is 2.17. The van der Waals surface area contributed by atoms with E-state index in [1.807, 2.05) is 6.07 Å². The van der Waals surface area contributed by atoms with Crippen molar-refractivity contribution >= 4 is 39.4 Å². The Labute approximate surface area is 170 Å². The fraction of sp³-hybridized carbons (Fsp3) is 0.200. The number of hydrogen-bond acceptors (Lipinski definition) is 7. The highest BCUT2D eigenvalue weighted by atomic mass is 32.1. The van der Waals surface area contributed by atoms with Crippen LogP contribution in [-0.4, -0.2) is 43.2 Å². The lowest BCUT2D eigenvalue weighted by atomic mass is 10.2. The van der Waals surface area contributed by atoms with E-state index in [-0.39, 0.29) is 13.2 Å². The molecule has 0 atom stereocenters. The van der Waals surface area contributed by atoms with E-state index in [0.29, 0.717) is 26.3 Å². The largest absolute Gasteiger partial charge is 0.484 e. The first kappa shape index (κ1) is 20.3. The Morgan fingerprint density at radius 3 is 2.48 bits per heavy atom.